The molecule has 0 aromatic carbocycles. The predicted octanol–water partition coefficient (Wildman–Crippen LogP) is 5.41. The number of aliphatic hydroxyl groups is 1. The van der Waals surface area contributed by atoms with E-state index in [4.69, 9.17) is 5.73 Å². The third kappa shape index (κ3) is 3.49. The molecule has 4 aliphatic rings. The lowest BCUT2D eigenvalue weighted by molar-refractivity contribution is -0.186. The van der Waals surface area contributed by atoms with Crippen LogP contribution in [0.4, 0.5) is 5.13 Å². The van der Waals surface area contributed by atoms with E-state index in [2.05, 4.69) is 32.7 Å². The first kappa shape index (κ1) is 23.6. The molecule has 3 saturated carbocycles. The van der Waals surface area contributed by atoms with E-state index in [0.717, 1.165) is 25.7 Å². The average Bonchev–Trinajstić information content (AvgIpc) is 3.29. The molecular formula is C27H42N2O3S. The van der Waals surface area contributed by atoms with Gasteiger partial charge in [-0.1, -0.05) is 34.1 Å². The highest BCUT2D eigenvalue weighted by Crippen LogP contribution is 2.69. The second-order valence-electron chi connectivity index (χ2n) is 12.4. The van der Waals surface area contributed by atoms with E-state index in [9.17, 15) is 15.0 Å². The van der Waals surface area contributed by atoms with Crippen LogP contribution in [0.15, 0.2) is 0 Å². The topological polar surface area (TPSA) is 96.4 Å². The number of hydrogen-bond acceptors (Lipinski definition) is 5. The Hall–Kier alpha value is -1.14. The highest BCUT2D eigenvalue weighted by atomic mass is 32.1. The molecule has 0 aliphatic heterocycles. The molecule has 184 valence electrons. The SMILES string of the molecule is CC[C@H]1[C@@H](O)[C@@H]2C(CC[C@]3(C)[C@@H]([C@H](C)CCC(=O)O)CC[C@@H]23)[C@@]2(C)Cc3sc(N)nc3C[C@@H]12. The van der Waals surface area contributed by atoms with Gasteiger partial charge in [-0.25, -0.2) is 4.98 Å². The molecule has 0 spiro atoms. The van der Waals surface area contributed by atoms with E-state index in [-0.39, 0.29) is 23.4 Å². The monoisotopic (exact) mass is 474 g/mol. The van der Waals surface area contributed by atoms with Gasteiger partial charge in [0, 0.05) is 11.3 Å². The van der Waals surface area contributed by atoms with Gasteiger partial charge in [0.15, 0.2) is 5.13 Å². The van der Waals surface area contributed by atoms with Gasteiger partial charge < -0.3 is 15.9 Å². The van der Waals surface area contributed by atoms with Crippen LogP contribution in [-0.2, 0) is 17.6 Å². The lowest BCUT2D eigenvalue weighted by Crippen LogP contribution is -2.62. The maximum Gasteiger partial charge on any atom is 0.303 e. The number of carboxylic acids is 1. The van der Waals surface area contributed by atoms with Crippen molar-refractivity contribution < 1.29 is 15.0 Å². The van der Waals surface area contributed by atoms with Crippen molar-refractivity contribution in [2.45, 2.75) is 91.6 Å². The summed E-state index contributed by atoms with van der Waals surface area (Å²) in [6, 6.07) is 0. The summed E-state index contributed by atoms with van der Waals surface area (Å²) >= 11 is 1.68. The first-order chi connectivity index (χ1) is 15.6. The molecule has 1 aromatic heterocycles. The van der Waals surface area contributed by atoms with E-state index < -0.39 is 5.97 Å². The Labute approximate surface area is 202 Å². The Morgan fingerprint density at radius 1 is 1.21 bits per heavy atom. The lowest BCUT2D eigenvalue weighted by Gasteiger charge is -2.64. The molecular weight excluding hydrogens is 432 g/mol. The first-order valence-electron chi connectivity index (χ1n) is 13.2. The van der Waals surface area contributed by atoms with Crippen molar-refractivity contribution in [1.82, 2.24) is 4.98 Å². The van der Waals surface area contributed by atoms with Crippen LogP contribution in [0.5, 0.6) is 0 Å². The molecule has 1 aromatic rings. The number of fused-ring (bicyclic) bond motifs is 6. The minimum absolute atomic E-state index is 0.199. The third-order valence-corrected chi connectivity index (χ3v) is 12.1. The van der Waals surface area contributed by atoms with Crippen molar-refractivity contribution in [2.24, 2.45) is 52.3 Å². The fraction of sp³-hybridized carbons (Fsp3) is 0.852. The second kappa shape index (κ2) is 8.22. The molecule has 33 heavy (non-hydrogen) atoms. The molecule has 10 atom stereocenters. The molecule has 0 amide bonds. The van der Waals surface area contributed by atoms with Crippen molar-refractivity contribution in [3.05, 3.63) is 10.6 Å². The van der Waals surface area contributed by atoms with Crippen LogP contribution in [-0.4, -0.2) is 27.3 Å². The van der Waals surface area contributed by atoms with Gasteiger partial charge >= 0.3 is 5.97 Å². The zero-order chi connectivity index (χ0) is 23.7. The Balaban J connectivity index is 1.47. The maximum absolute atomic E-state index is 11.9. The number of nitrogens with two attached hydrogens (primary N) is 1. The normalized spacial score (nSPS) is 44.9. The van der Waals surface area contributed by atoms with Crippen molar-refractivity contribution in [2.75, 3.05) is 5.73 Å². The van der Waals surface area contributed by atoms with Crippen molar-refractivity contribution in [3.8, 4) is 0 Å². The number of aromatic nitrogens is 1. The van der Waals surface area contributed by atoms with Crippen LogP contribution < -0.4 is 5.73 Å². The summed E-state index contributed by atoms with van der Waals surface area (Å²) in [5.41, 5.74) is 7.72. The van der Waals surface area contributed by atoms with Gasteiger partial charge in [0.25, 0.3) is 0 Å². The quantitative estimate of drug-likeness (QED) is 0.530. The number of aliphatic carboxylic acids is 1. The number of thiazole rings is 1. The molecule has 1 heterocycles. The fourth-order valence-corrected chi connectivity index (χ4v) is 10.7. The lowest BCUT2D eigenvalue weighted by atomic mass is 9.42. The van der Waals surface area contributed by atoms with Crippen molar-refractivity contribution in [1.29, 1.82) is 0 Å². The minimum Gasteiger partial charge on any atom is -0.481 e. The van der Waals surface area contributed by atoms with Gasteiger partial charge in [-0.3, -0.25) is 4.79 Å². The van der Waals surface area contributed by atoms with Gasteiger partial charge in [-0.2, -0.15) is 0 Å². The van der Waals surface area contributed by atoms with Crippen LogP contribution in [0.1, 0.15) is 83.2 Å². The zero-order valence-electron chi connectivity index (χ0n) is 20.7. The number of aliphatic hydroxyl groups excluding tert-OH is 1. The molecule has 1 unspecified atom stereocenters. The largest absolute Gasteiger partial charge is 0.481 e. The van der Waals surface area contributed by atoms with Crippen LogP contribution in [0.3, 0.4) is 0 Å². The number of hydrogen-bond donors (Lipinski definition) is 3. The molecule has 4 aliphatic carbocycles. The summed E-state index contributed by atoms with van der Waals surface area (Å²) in [4.78, 5) is 17.2. The summed E-state index contributed by atoms with van der Waals surface area (Å²) in [7, 11) is 0. The molecule has 3 fully saturated rings. The highest BCUT2D eigenvalue weighted by Gasteiger charge is 2.65. The number of carboxylic acid groups (broad SMARTS) is 1. The van der Waals surface area contributed by atoms with E-state index in [1.807, 2.05) is 0 Å². The van der Waals surface area contributed by atoms with Gasteiger partial charge in [0.1, 0.15) is 0 Å². The van der Waals surface area contributed by atoms with Crippen molar-refractivity contribution >= 4 is 22.4 Å². The highest BCUT2D eigenvalue weighted by molar-refractivity contribution is 7.15. The molecule has 5 nitrogen and oxygen atoms in total. The minimum atomic E-state index is -0.682. The Morgan fingerprint density at radius 2 is 1.94 bits per heavy atom. The standard InChI is InChI=1S/C27H42N2O3S/c1-5-15-19-12-20-21(33-25(28)29-20)13-27(19,4)18-10-11-26(3)16(14(2)6-9-22(30)31)7-8-17(26)23(18)24(15)32/h14-19,23-24,32H,5-13H2,1-4H3,(H2,28,29)(H,30,31)/t14-,15-,16-,17+,18?,19+,23+,24-,26-,27-/m1/s1. The number of nitrogens with zero attached hydrogens (tertiary/aromatic N) is 1. The van der Waals surface area contributed by atoms with Gasteiger partial charge in [0.2, 0.25) is 0 Å². The molecule has 0 bridgehead atoms. The number of nitrogen functional groups attached to an aromatic ring is 1. The second-order valence-corrected chi connectivity index (χ2v) is 13.5. The van der Waals surface area contributed by atoms with E-state index >= 15 is 0 Å². The number of rotatable bonds is 5. The van der Waals surface area contributed by atoms with Gasteiger partial charge in [0.05, 0.1) is 11.8 Å². The van der Waals surface area contributed by atoms with E-state index in [1.54, 1.807) is 11.3 Å². The van der Waals surface area contributed by atoms with Crippen molar-refractivity contribution in [3.63, 3.8) is 0 Å². The maximum atomic E-state index is 11.9. The zero-order valence-corrected chi connectivity index (χ0v) is 21.5. The number of anilines is 1. The predicted molar refractivity (Wildman–Crippen MR) is 132 cm³/mol. The smallest absolute Gasteiger partial charge is 0.303 e. The summed E-state index contributed by atoms with van der Waals surface area (Å²) in [6.45, 7) is 9.53. The van der Waals surface area contributed by atoms with Crippen LogP contribution >= 0.6 is 11.3 Å². The average molecular weight is 475 g/mol. The van der Waals surface area contributed by atoms with Gasteiger partial charge in [-0.15, -0.1) is 11.3 Å². The number of carbonyl (C=O) groups is 1. The van der Waals surface area contributed by atoms with Gasteiger partial charge in [-0.05, 0) is 97.2 Å². The first-order valence-corrected chi connectivity index (χ1v) is 14.1. The molecule has 4 N–H and O–H groups in total. The summed E-state index contributed by atoms with van der Waals surface area (Å²) in [5.74, 6) is 2.56. The van der Waals surface area contributed by atoms with E-state index in [1.165, 1.54) is 36.3 Å². The van der Waals surface area contributed by atoms with Crippen LogP contribution in [0, 0.1) is 52.3 Å². The molecule has 6 heteroatoms. The fourth-order valence-electron chi connectivity index (χ4n) is 9.68. The summed E-state index contributed by atoms with van der Waals surface area (Å²) in [6.07, 6.45) is 8.61. The summed E-state index contributed by atoms with van der Waals surface area (Å²) in [5, 5.41) is 21.8. The third-order valence-electron chi connectivity index (χ3n) is 11.2. The Morgan fingerprint density at radius 3 is 2.64 bits per heavy atom. The Kier molecular flexibility index (Phi) is 5.88. The van der Waals surface area contributed by atoms with Crippen LogP contribution in [0.25, 0.3) is 0 Å². The molecule has 5 rings (SSSR count). The molecule has 0 radical (unpaired) electrons. The molecule has 0 saturated heterocycles. The Bertz CT molecular complexity index is 917. The van der Waals surface area contributed by atoms with Crippen LogP contribution in [0.2, 0.25) is 0 Å². The van der Waals surface area contributed by atoms with E-state index in [0.29, 0.717) is 46.6 Å². The summed E-state index contributed by atoms with van der Waals surface area (Å²) < 4.78 is 0.